The quantitative estimate of drug-likeness (QED) is 0.384. The van der Waals surface area contributed by atoms with E-state index in [1.54, 1.807) is 18.2 Å². The third kappa shape index (κ3) is 4.06. The molecule has 1 aliphatic carbocycles. The lowest BCUT2D eigenvalue weighted by Crippen LogP contribution is -2.07. The van der Waals surface area contributed by atoms with E-state index in [2.05, 4.69) is 6.92 Å². The summed E-state index contributed by atoms with van der Waals surface area (Å²) in [5.74, 6) is 0.955. The number of aromatic nitrogens is 2. The van der Waals surface area contributed by atoms with Crippen LogP contribution in [0, 0.1) is 5.92 Å². The number of benzene rings is 3. The molecule has 1 aromatic heterocycles. The molecule has 0 spiro atoms. The van der Waals surface area contributed by atoms with Crippen LogP contribution in [0.2, 0.25) is 5.02 Å². The van der Waals surface area contributed by atoms with Crippen molar-refractivity contribution in [3.8, 4) is 28.2 Å². The van der Waals surface area contributed by atoms with Gasteiger partial charge < -0.3 is 5.11 Å². The van der Waals surface area contributed by atoms with Crippen molar-refractivity contribution in [1.82, 2.24) is 9.55 Å². The summed E-state index contributed by atoms with van der Waals surface area (Å²) in [5, 5.41) is 10.3. The van der Waals surface area contributed by atoms with Crippen LogP contribution in [0.3, 0.4) is 0 Å². The van der Waals surface area contributed by atoms with Crippen LogP contribution in [0.1, 0.15) is 19.0 Å². The summed E-state index contributed by atoms with van der Waals surface area (Å²) in [6.45, 7) is 2.28. The lowest BCUT2D eigenvalue weighted by Gasteiger charge is -2.11. The summed E-state index contributed by atoms with van der Waals surface area (Å²) >= 11 is 6.53. The van der Waals surface area contributed by atoms with Crippen LogP contribution in [-0.2, 0) is 15.3 Å². The van der Waals surface area contributed by atoms with Crippen LogP contribution in [0.5, 0.6) is 0 Å². The molecule has 174 valence electrons. The highest BCUT2D eigenvalue weighted by Crippen LogP contribution is 2.53. The second-order valence-corrected chi connectivity index (χ2v) is 11.6. The molecule has 5 rings (SSSR count). The molecule has 1 fully saturated rings. The Balaban J connectivity index is 1.57. The maximum absolute atomic E-state index is 12.0. The Labute approximate surface area is 204 Å². The van der Waals surface area contributed by atoms with Gasteiger partial charge in [0.1, 0.15) is 5.82 Å². The molecule has 0 radical (unpaired) electrons. The predicted molar refractivity (Wildman–Crippen MR) is 135 cm³/mol. The van der Waals surface area contributed by atoms with Gasteiger partial charge in [-0.25, -0.2) is 13.4 Å². The smallest absolute Gasteiger partial charge is 0.175 e. The zero-order valence-corrected chi connectivity index (χ0v) is 20.5. The molecular formula is C27H25ClN2O3S. The van der Waals surface area contributed by atoms with Gasteiger partial charge in [-0.3, -0.25) is 4.57 Å². The molecule has 0 amide bonds. The molecule has 1 unspecified atom stereocenters. The normalized spacial score (nSPS) is 19.8. The molecule has 0 saturated heterocycles. The van der Waals surface area contributed by atoms with Gasteiger partial charge in [-0.05, 0) is 59.9 Å². The van der Waals surface area contributed by atoms with Crippen molar-refractivity contribution in [2.24, 2.45) is 5.92 Å². The van der Waals surface area contributed by atoms with Gasteiger partial charge in [0.2, 0.25) is 0 Å². The van der Waals surface area contributed by atoms with E-state index in [9.17, 15) is 13.5 Å². The predicted octanol–water partition coefficient (Wildman–Crippen LogP) is 5.53. The van der Waals surface area contributed by atoms with Crippen molar-refractivity contribution in [3.63, 3.8) is 0 Å². The van der Waals surface area contributed by atoms with Gasteiger partial charge in [0.15, 0.2) is 9.84 Å². The number of imidazole rings is 1. The van der Waals surface area contributed by atoms with Crippen LogP contribution in [0.25, 0.3) is 28.2 Å². The maximum atomic E-state index is 12.0. The zero-order chi connectivity index (χ0) is 24.1. The summed E-state index contributed by atoms with van der Waals surface area (Å²) in [4.78, 5) is 5.27. The number of sulfone groups is 1. The van der Waals surface area contributed by atoms with Gasteiger partial charge >= 0.3 is 0 Å². The largest absolute Gasteiger partial charge is 0.396 e. The van der Waals surface area contributed by atoms with Crippen LogP contribution < -0.4 is 0 Å². The molecule has 0 aliphatic heterocycles. The Kier molecular flexibility index (Phi) is 5.63. The zero-order valence-electron chi connectivity index (χ0n) is 18.9. The first-order chi connectivity index (χ1) is 16.2. The van der Waals surface area contributed by atoms with Crippen molar-refractivity contribution < 1.29 is 13.5 Å². The van der Waals surface area contributed by atoms with Gasteiger partial charge in [0, 0.05) is 35.7 Å². The molecule has 7 heteroatoms. The van der Waals surface area contributed by atoms with Crippen LogP contribution >= 0.6 is 11.6 Å². The van der Waals surface area contributed by atoms with Gasteiger partial charge in [0.05, 0.1) is 15.6 Å². The monoisotopic (exact) mass is 492 g/mol. The average molecular weight is 493 g/mol. The summed E-state index contributed by atoms with van der Waals surface area (Å²) < 4.78 is 25.9. The SMILES string of the molecule is CC1(c2cn(-c3ccc(-c4cccc(S(C)(=O)=O)c4)cc3)c(-c3ccccc3Cl)n2)C[C@H]1CO. The van der Waals surface area contributed by atoms with E-state index in [1.165, 1.54) is 6.26 Å². The number of rotatable bonds is 6. The Morgan fingerprint density at radius 1 is 1.06 bits per heavy atom. The number of aliphatic hydroxyl groups excluding tert-OH is 1. The molecule has 34 heavy (non-hydrogen) atoms. The first kappa shape index (κ1) is 22.8. The molecule has 3 aromatic carbocycles. The highest BCUT2D eigenvalue weighted by atomic mass is 35.5. The average Bonchev–Trinajstić information content (AvgIpc) is 3.31. The van der Waals surface area contributed by atoms with Crippen molar-refractivity contribution in [3.05, 3.63) is 89.7 Å². The van der Waals surface area contributed by atoms with E-state index in [0.29, 0.717) is 9.92 Å². The van der Waals surface area contributed by atoms with E-state index in [4.69, 9.17) is 16.6 Å². The van der Waals surface area contributed by atoms with Crippen LogP contribution in [0.15, 0.2) is 83.9 Å². The highest BCUT2D eigenvalue weighted by Gasteiger charge is 2.52. The first-order valence-corrected chi connectivity index (χ1v) is 13.3. The maximum Gasteiger partial charge on any atom is 0.175 e. The fraction of sp³-hybridized carbons (Fsp3) is 0.222. The van der Waals surface area contributed by atoms with Crippen LogP contribution in [0.4, 0.5) is 0 Å². The first-order valence-electron chi connectivity index (χ1n) is 11.1. The van der Waals surface area contributed by atoms with E-state index < -0.39 is 9.84 Å². The standard InChI is InChI=1S/C27H25ClN2O3S/c1-27(15-20(27)17-31)25-16-30(26(29-25)23-8-3-4-9-24(23)28)21-12-10-18(11-13-21)19-6-5-7-22(14-19)34(2,32)33/h3-14,16,20,31H,15,17H2,1-2H3/t20-,27?/m0/s1. The summed E-state index contributed by atoms with van der Waals surface area (Å²) in [7, 11) is -3.28. The van der Waals surface area contributed by atoms with Crippen LogP contribution in [-0.4, -0.2) is 35.9 Å². The topological polar surface area (TPSA) is 72.2 Å². The van der Waals surface area contributed by atoms with Crippen molar-refractivity contribution in [1.29, 1.82) is 0 Å². The second kappa shape index (κ2) is 8.38. The van der Waals surface area contributed by atoms with E-state index in [0.717, 1.165) is 40.3 Å². The third-order valence-electron chi connectivity index (χ3n) is 6.78. The molecular weight excluding hydrogens is 468 g/mol. The van der Waals surface area contributed by atoms with E-state index >= 15 is 0 Å². The minimum absolute atomic E-state index is 0.145. The molecule has 2 atom stereocenters. The lowest BCUT2D eigenvalue weighted by atomic mass is 10.0. The van der Waals surface area contributed by atoms with Crippen molar-refractivity contribution in [2.75, 3.05) is 12.9 Å². The highest BCUT2D eigenvalue weighted by molar-refractivity contribution is 7.90. The van der Waals surface area contributed by atoms with Gasteiger partial charge in [-0.2, -0.15) is 0 Å². The fourth-order valence-electron chi connectivity index (χ4n) is 4.44. The van der Waals surface area contributed by atoms with Gasteiger partial charge in [0.25, 0.3) is 0 Å². The van der Waals surface area contributed by atoms with E-state index in [1.807, 2.05) is 65.4 Å². The Morgan fingerprint density at radius 2 is 1.79 bits per heavy atom. The lowest BCUT2D eigenvalue weighted by molar-refractivity contribution is 0.265. The third-order valence-corrected chi connectivity index (χ3v) is 8.22. The summed E-state index contributed by atoms with van der Waals surface area (Å²) in [6.07, 6.45) is 4.15. The molecule has 1 heterocycles. The minimum atomic E-state index is -3.28. The molecule has 0 bridgehead atoms. The Bertz CT molecular complexity index is 1480. The number of nitrogens with zero attached hydrogens (tertiary/aromatic N) is 2. The fourth-order valence-corrected chi connectivity index (χ4v) is 5.33. The number of aliphatic hydroxyl groups is 1. The summed E-state index contributed by atoms with van der Waals surface area (Å²) in [6, 6.07) is 22.5. The number of hydrogen-bond donors (Lipinski definition) is 1. The molecule has 4 aromatic rings. The molecule has 1 aliphatic rings. The van der Waals surface area contributed by atoms with Gasteiger partial charge in [-0.1, -0.05) is 54.9 Å². The second-order valence-electron chi connectivity index (χ2n) is 9.15. The van der Waals surface area contributed by atoms with Crippen molar-refractivity contribution in [2.45, 2.75) is 23.7 Å². The van der Waals surface area contributed by atoms with E-state index in [-0.39, 0.29) is 17.9 Å². The Morgan fingerprint density at radius 3 is 2.44 bits per heavy atom. The number of halogens is 1. The Hall–Kier alpha value is -2.93. The molecule has 1 saturated carbocycles. The minimum Gasteiger partial charge on any atom is -0.396 e. The number of hydrogen-bond acceptors (Lipinski definition) is 4. The molecule has 1 N–H and O–H groups in total. The summed E-state index contributed by atoms with van der Waals surface area (Å²) in [5.41, 5.74) is 4.30. The van der Waals surface area contributed by atoms with Gasteiger partial charge in [-0.15, -0.1) is 0 Å². The molecule has 5 nitrogen and oxygen atoms in total. The van der Waals surface area contributed by atoms with Crippen molar-refractivity contribution >= 4 is 21.4 Å².